The first-order chi connectivity index (χ1) is 13.8. The summed E-state index contributed by atoms with van der Waals surface area (Å²) in [5, 5.41) is 9.34. The van der Waals surface area contributed by atoms with E-state index in [4.69, 9.17) is 9.47 Å². The monoisotopic (exact) mass is 534 g/mol. The minimum absolute atomic E-state index is 0. The summed E-state index contributed by atoms with van der Waals surface area (Å²) in [4.78, 5) is 18.0. The molecular weight excluding hydrogens is 499 g/mol. The molecule has 10 nitrogen and oxygen atoms in total. The molecule has 0 aliphatic carbocycles. The molecule has 12 heteroatoms. The molecule has 1 aromatic rings. The van der Waals surface area contributed by atoms with Crippen molar-refractivity contribution in [2.75, 3.05) is 94.7 Å². The topological polar surface area (TPSA) is 99.7 Å². The van der Waals surface area contributed by atoms with Crippen LogP contribution in [0.25, 0.3) is 0 Å². The fraction of sp³-hybridized carbons (Fsp3) is 0.737. The van der Waals surface area contributed by atoms with E-state index < -0.39 is 0 Å². The Morgan fingerprint density at radius 2 is 1.10 bits per heavy atom. The molecule has 0 aromatic carbocycles. The van der Waals surface area contributed by atoms with E-state index in [9.17, 15) is 0 Å². The SMILES string of the molecule is [CH2-]Nc1nc(NCCCN2CCOCC2)nc(NCCCN2CCOCC2)n1.[CH3-].[Cu+].[Cu+]. The molecule has 1 aromatic heterocycles. The van der Waals surface area contributed by atoms with E-state index in [0.29, 0.717) is 17.8 Å². The molecule has 0 amide bonds. The summed E-state index contributed by atoms with van der Waals surface area (Å²) in [6.07, 6.45) is 2.06. The standard InChI is InChI=1S/C18H33N8O2.CH3.2Cu/c1-19-16-22-17(20-4-2-6-25-8-12-27-13-9-25)24-18(23-16)21-5-3-7-26-10-14-28-15-11-26;;;/h1-15H2,(H3,19,20,21,22,23,24);1H3;;/q2*-1;2*+1. The maximum atomic E-state index is 5.38. The first kappa shape index (κ1) is 30.3. The van der Waals surface area contributed by atoms with Gasteiger partial charge in [0.25, 0.3) is 0 Å². The molecule has 31 heavy (non-hydrogen) atoms. The van der Waals surface area contributed by atoms with Crippen LogP contribution in [0.2, 0.25) is 0 Å². The number of rotatable bonds is 11. The van der Waals surface area contributed by atoms with Crippen LogP contribution in [0.3, 0.4) is 0 Å². The molecule has 0 spiro atoms. The van der Waals surface area contributed by atoms with Crippen LogP contribution in [0.15, 0.2) is 0 Å². The van der Waals surface area contributed by atoms with Gasteiger partial charge in [-0.1, -0.05) is 0 Å². The van der Waals surface area contributed by atoms with Crippen molar-refractivity contribution < 1.29 is 43.6 Å². The Bertz CT molecular complexity index is 532. The molecule has 0 radical (unpaired) electrons. The van der Waals surface area contributed by atoms with E-state index in [-0.39, 0.29) is 41.6 Å². The van der Waals surface area contributed by atoms with Crippen LogP contribution < -0.4 is 16.0 Å². The van der Waals surface area contributed by atoms with Gasteiger partial charge < -0.3 is 32.9 Å². The van der Waals surface area contributed by atoms with E-state index >= 15 is 0 Å². The second kappa shape index (κ2) is 17.8. The number of hydrogen-bond acceptors (Lipinski definition) is 10. The van der Waals surface area contributed by atoms with Crippen molar-refractivity contribution in [1.29, 1.82) is 0 Å². The summed E-state index contributed by atoms with van der Waals surface area (Å²) in [5.74, 6) is 1.60. The van der Waals surface area contributed by atoms with Crippen LogP contribution >= 0.6 is 0 Å². The van der Waals surface area contributed by atoms with Gasteiger partial charge in [-0.2, -0.15) is 15.0 Å². The summed E-state index contributed by atoms with van der Waals surface area (Å²) >= 11 is 0. The first-order valence-corrected chi connectivity index (χ1v) is 10.2. The van der Waals surface area contributed by atoms with Crippen LogP contribution in [-0.4, -0.2) is 104 Å². The first-order valence-electron chi connectivity index (χ1n) is 10.2. The predicted molar refractivity (Wildman–Crippen MR) is 116 cm³/mol. The molecule has 2 saturated heterocycles. The third kappa shape index (κ3) is 11.6. The fourth-order valence-electron chi connectivity index (χ4n) is 3.27. The van der Waals surface area contributed by atoms with Crippen molar-refractivity contribution in [3.05, 3.63) is 14.5 Å². The third-order valence-corrected chi connectivity index (χ3v) is 4.87. The van der Waals surface area contributed by atoms with Gasteiger partial charge in [-0.25, -0.2) is 0 Å². The molecule has 3 rings (SSSR count). The number of nitrogens with one attached hydrogen (secondary N) is 3. The number of aromatic nitrogens is 3. The van der Waals surface area contributed by atoms with E-state index in [2.05, 4.69) is 47.7 Å². The molecule has 0 atom stereocenters. The molecule has 2 aliphatic rings. The smallest absolute Gasteiger partial charge is 0.506 e. The molecule has 2 aliphatic heterocycles. The average Bonchev–Trinajstić information content (AvgIpc) is 2.76. The van der Waals surface area contributed by atoms with E-state index in [0.717, 1.165) is 91.6 Å². The summed E-state index contributed by atoms with van der Waals surface area (Å²) < 4.78 is 10.8. The van der Waals surface area contributed by atoms with Crippen molar-refractivity contribution in [3.63, 3.8) is 0 Å². The minimum Gasteiger partial charge on any atom is -0.506 e. The number of nitrogens with zero attached hydrogens (tertiary/aromatic N) is 5. The van der Waals surface area contributed by atoms with Gasteiger partial charge >= 0.3 is 34.1 Å². The van der Waals surface area contributed by atoms with Gasteiger partial charge in [0, 0.05) is 39.3 Å². The molecule has 186 valence electrons. The number of morpholine rings is 2. The molecule has 0 bridgehead atoms. The van der Waals surface area contributed by atoms with Gasteiger partial charge in [0.05, 0.1) is 26.4 Å². The Morgan fingerprint density at radius 3 is 1.48 bits per heavy atom. The molecule has 0 unspecified atom stereocenters. The summed E-state index contributed by atoms with van der Waals surface area (Å²) in [5.41, 5.74) is 0. The normalized spacial score (nSPS) is 16.9. The molecule has 2 fully saturated rings. The minimum atomic E-state index is 0. The fourth-order valence-corrected chi connectivity index (χ4v) is 3.27. The number of hydrogen-bond donors (Lipinski definition) is 3. The zero-order chi connectivity index (χ0) is 19.4. The Labute approximate surface area is 208 Å². The van der Waals surface area contributed by atoms with E-state index in [1.54, 1.807) is 0 Å². The zero-order valence-corrected chi connectivity index (χ0v) is 20.1. The van der Waals surface area contributed by atoms with Crippen molar-refractivity contribution in [1.82, 2.24) is 24.8 Å². The number of ether oxygens (including phenoxy) is 2. The van der Waals surface area contributed by atoms with Crippen LogP contribution in [0.1, 0.15) is 12.8 Å². The zero-order valence-electron chi connectivity index (χ0n) is 18.3. The third-order valence-electron chi connectivity index (χ3n) is 4.87. The Kier molecular flexibility index (Phi) is 17.4. The molecule has 0 saturated carbocycles. The second-order valence-electron chi connectivity index (χ2n) is 6.95. The van der Waals surface area contributed by atoms with E-state index in [1.807, 2.05) is 0 Å². The van der Waals surface area contributed by atoms with E-state index in [1.165, 1.54) is 0 Å². The van der Waals surface area contributed by atoms with Gasteiger partial charge in [0.1, 0.15) is 0 Å². The van der Waals surface area contributed by atoms with Crippen molar-refractivity contribution >= 4 is 17.8 Å². The van der Waals surface area contributed by atoms with Gasteiger partial charge in [-0.3, -0.25) is 16.8 Å². The second-order valence-corrected chi connectivity index (χ2v) is 6.95. The van der Waals surface area contributed by atoms with Crippen LogP contribution in [0, 0.1) is 14.5 Å². The maximum absolute atomic E-state index is 5.38. The summed E-state index contributed by atoms with van der Waals surface area (Å²) in [6, 6.07) is 0. The van der Waals surface area contributed by atoms with Crippen LogP contribution in [0.5, 0.6) is 0 Å². The maximum Gasteiger partial charge on any atom is 1.00 e. The molecule has 3 heterocycles. The van der Waals surface area contributed by atoms with Gasteiger partial charge in [-0.15, -0.1) is 0 Å². The predicted octanol–water partition coefficient (Wildman–Crippen LogP) is 0.789. The quantitative estimate of drug-likeness (QED) is 0.214. The van der Waals surface area contributed by atoms with Crippen LogP contribution in [-0.2, 0) is 43.6 Å². The Hall–Kier alpha value is -0.711. The van der Waals surface area contributed by atoms with Gasteiger partial charge in [0.15, 0.2) is 5.95 Å². The van der Waals surface area contributed by atoms with Crippen LogP contribution in [0.4, 0.5) is 17.8 Å². The molecule has 3 N–H and O–H groups in total. The van der Waals surface area contributed by atoms with Crippen molar-refractivity contribution in [2.24, 2.45) is 0 Å². The van der Waals surface area contributed by atoms with Crippen molar-refractivity contribution in [2.45, 2.75) is 12.8 Å². The van der Waals surface area contributed by atoms with Crippen molar-refractivity contribution in [3.8, 4) is 0 Å². The largest absolute Gasteiger partial charge is 1.00 e. The summed E-state index contributed by atoms with van der Waals surface area (Å²) in [6.45, 7) is 11.1. The average molecular weight is 536 g/mol. The Morgan fingerprint density at radius 1 is 0.710 bits per heavy atom. The van der Waals surface area contributed by atoms with Gasteiger partial charge in [0.2, 0.25) is 11.9 Å². The van der Waals surface area contributed by atoms with Gasteiger partial charge in [-0.05, 0) is 25.9 Å². The number of anilines is 3. The Balaban J connectivity index is 0.00000300. The summed E-state index contributed by atoms with van der Waals surface area (Å²) in [7, 11) is 3.66. The molecular formula is C19H36Cu2N8O2.